The fourth-order valence-corrected chi connectivity index (χ4v) is 2.02. The third-order valence-electron chi connectivity index (χ3n) is 2.98. The minimum Gasteiger partial charge on any atom is -0.385 e. The fraction of sp³-hybridized carbons (Fsp3) is 0.615. The molecule has 17 heavy (non-hydrogen) atoms. The van der Waals surface area contributed by atoms with E-state index in [1.54, 1.807) is 0 Å². The lowest BCUT2D eigenvalue weighted by atomic mass is 10.3. The molecule has 1 aromatic rings. The van der Waals surface area contributed by atoms with Gasteiger partial charge in [0.05, 0.1) is 13.2 Å². The lowest BCUT2D eigenvalue weighted by Crippen LogP contribution is -2.37. The number of morpholine rings is 1. The first-order valence-corrected chi connectivity index (χ1v) is 6.31. The number of nitrogens with one attached hydrogen (secondary N) is 1. The number of nitrogens with zero attached hydrogens (tertiary/aromatic N) is 2. The SMILES string of the molecule is Cc1cc(NCCCN2CCOCC2)ccn1. The maximum absolute atomic E-state index is 5.32. The van der Waals surface area contributed by atoms with Crippen LogP contribution in [0.25, 0.3) is 0 Å². The van der Waals surface area contributed by atoms with Crippen LogP contribution in [0.5, 0.6) is 0 Å². The Labute approximate surface area is 103 Å². The van der Waals surface area contributed by atoms with Crippen LogP contribution in [0.15, 0.2) is 18.3 Å². The summed E-state index contributed by atoms with van der Waals surface area (Å²) in [6, 6.07) is 4.09. The summed E-state index contributed by atoms with van der Waals surface area (Å²) in [6.45, 7) is 8.11. The molecule has 1 aliphatic heterocycles. The maximum atomic E-state index is 5.32. The van der Waals surface area contributed by atoms with E-state index in [9.17, 15) is 0 Å². The Morgan fingerprint density at radius 3 is 3.00 bits per heavy atom. The second-order valence-corrected chi connectivity index (χ2v) is 4.42. The van der Waals surface area contributed by atoms with Crippen molar-refractivity contribution in [1.29, 1.82) is 0 Å². The molecule has 1 saturated heterocycles. The Balaban J connectivity index is 1.62. The molecule has 0 saturated carbocycles. The van der Waals surface area contributed by atoms with Gasteiger partial charge in [-0.3, -0.25) is 9.88 Å². The van der Waals surface area contributed by atoms with Crippen LogP contribution in [0.2, 0.25) is 0 Å². The van der Waals surface area contributed by atoms with Gasteiger partial charge in [-0.05, 0) is 32.0 Å². The molecule has 2 heterocycles. The van der Waals surface area contributed by atoms with Crippen molar-refractivity contribution < 1.29 is 4.74 Å². The number of hydrogen-bond donors (Lipinski definition) is 1. The topological polar surface area (TPSA) is 37.4 Å². The summed E-state index contributed by atoms with van der Waals surface area (Å²) in [5, 5.41) is 3.43. The Hall–Kier alpha value is -1.13. The van der Waals surface area contributed by atoms with Crippen LogP contribution in [-0.4, -0.2) is 49.3 Å². The van der Waals surface area contributed by atoms with E-state index in [1.807, 2.05) is 19.2 Å². The molecule has 0 aliphatic carbocycles. The Bertz CT molecular complexity index is 337. The molecule has 1 N–H and O–H groups in total. The summed E-state index contributed by atoms with van der Waals surface area (Å²) in [7, 11) is 0. The first kappa shape index (κ1) is 12.3. The minimum absolute atomic E-state index is 0.886. The molecular formula is C13H21N3O. The van der Waals surface area contributed by atoms with Gasteiger partial charge in [-0.1, -0.05) is 0 Å². The molecule has 0 radical (unpaired) electrons. The summed E-state index contributed by atoms with van der Waals surface area (Å²) in [6.07, 6.45) is 3.01. The summed E-state index contributed by atoms with van der Waals surface area (Å²) < 4.78 is 5.32. The van der Waals surface area contributed by atoms with Crippen LogP contribution in [0.3, 0.4) is 0 Å². The van der Waals surface area contributed by atoms with Gasteiger partial charge in [0.2, 0.25) is 0 Å². The van der Waals surface area contributed by atoms with Crippen LogP contribution >= 0.6 is 0 Å². The van der Waals surface area contributed by atoms with Crippen molar-refractivity contribution in [3.05, 3.63) is 24.0 Å². The molecule has 0 atom stereocenters. The zero-order valence-corrected chi connectivity index (χ0v) is 10.5. The average molecular weight is 235 g/mol. The lowest BCUT2D eigenvalue weighted by Gasteiger charge is -2.26. The zero-order chi connectivity index (χ0) is 11.9. The van der Waals surface area contributed by atoms with E-state index in [4.69, 9.17) is 4.74 Å². The van der Waals surface area contributed by atoms with E-state index in [0.29, 0.717) is 0 Å². The largest absolute Gasteiger partial charge is 0.385 e. The van der Waals surface area contributed by atoms with E-state index >= 15 is 0 Å². The lowest BCUT2D eigenvalue weighted by molar-refractivity contribution is 0.0378. The van der Waals surface area contributed by atoms with Crippen LogP contribution < -0.4 is 5.32 Å². The fourth-order valence-electron chi connectivity index (χ4n) is 2.02. The molecule has 0 unspecified atom stereocenters. The van der Waals surface area contributed by atoms with Gasteiger partial charge >= 0.3 is 0 Å². The molecule has 4 heteroatoms. The van der Waals surface area contributed by atoms with Crippen molar-refractivity contribution in [1.82, 2.24) is 9.88 Å². The summed E-state index contributed by atoms with van der Waals surface area (Å²) in [5.41, 5.74) is 2.22. The van der Waals surface area contributed by atoms with E-state index in [1.165, 1.54) is 12.1 Å². The highest BCUT2D eigenvalue weighted by molar-refractivity contribution is 5.42. The van der Waals surface area contributed by atoms with E-state index in [0.717, 1.165) is 45.1 Å². The van der Waals surface area contributed by atoms with Crippen molar-refractivity contribution in [2.45, 2.75) is 13.3 Å². The van der Waals surface area contributed by atoms with Gasteiger partial charge < -0.3 is 10.1 Å². The van der Waals surface area contributed by atoms with Crippen molar-refractivity contribution in [3.63, 3.8) is 0 Å². The minimum atomic E-state index is 0.886. The summed E-state index contributed by atoms with van der Waals surface area (Å²) >= 11 is 0. The Kier molecular flexibility index (Phi) is 4.76. The van der Waals surface area contributed by atoms with Crippen LogP contribution in [-0.2, 0) is 4.74 Å². The second kappa shape index (κ2) is 6.57. The number of anilines is 1. The van der Waals surface area contributed by atoms with Crippen LogP contribution in [0, 0.1) is 6.92 Å². The average Bonchev–Trinajstić information content (AvgIpc) is 2.36. The van der Waals surface area contributed by atoms with Gasteiger partial charge in [0.25, 0.3) is 0 Å². The van der Waals surface area contributed by atoms with Gasteiger partial charge in [0.1, 0.15) is 0 Å². The Morgan fingerprint density at radius 1 is 1.41 bits per heavy atom. The molecule has 4 nitrogen and oxygen atoms in total. The first-order chi connectivity index (χ1) is 8.34. The third-order valence-corrected chi connectivity index (χ3v) is 2.98. The van der Waals surface area contributed by atoms with Crippen molar-refractivity contribution in [2.24, 2.45) is 0 Å². The number of aromatic nitrogens is 1. The molecule has 1 fully saturated rings. The quantitative estimate of drug-likeness (QED) is 0.785. The molecular weight excluding hydrogens is 214 g/mol. The molecule has 0 spiro atoms. The highest BCUT2D eigenvalue weighted by Gasteiger charge is 2.08. The van der Waals surface area contributed by atoms with Crippen molar-refractivity contribution >= 4 is 5.69 Å². The highest BCUT2D eigenvalue weighted by atomic mass is 16.5. The highest BCUT2D eigenvalue weighted by Crippen LogP contribution is 2.07. The van der Waals surface area contributed by atoms with E-state index < -0.39 is 0 Å². The molecule has 1 aliphatic rings. The molecule has 0 amide bonds. The van der Waals surface area contributed by atoms with E-state index in [2.05, 4.69) is 21.3 Å². The molecule has 1 aromatic heterocycles. The number of pyridine rings is 1. The van der Waals surface area contributed by atoms with Gasteiger partial charge in [-0.15, -0.1) is 0 Å². The monoisotopic (exact) mass is 235 g/mol. The summed E-state index contributed by atoms with van der Waals surface area (Å²) in [4.78, 5) is 6.64. The Morgan fingerprint density at radius 2 is 2.24 bits per heavy atom. The predicted octanol–water partition coefficient (Wildman–Crippen LogP) is 1.52. The number of hydrogen-bond acceptors (Lipinski definition) is 4. The second-order valence-electron chi connectivity index (χ2n) is 4.42. The van der Waals surface area contributed by atoms with Gasteiger partial charge in [0.15, 0.2) is 0 Å². The molecule has 0 bridgehead atoms. The number of rotatable bonds is 5. The number of aryl methyl sites for hydroxylation is 1. The predicted molar refractivity (Wildman–Crippen MR) is 69.3 cm³/mol. The molecule has 94 valence electrons. The van der Waals surface area contributed by atoms with Crippen molar-refractivity contribution in [2.75, 3.05) is 44.7 Å². The smallest absolute Gasteiger partial charge is 0.0594 e. The number of ether oxygens (including phenoxy) is 1. The van der Waals surface area contributed by atoms with Crippen LogP contribution in [0.4, 0.5) is 5.69 Å². The van der Waals surface area contributed by atoms with Crippen LogP contribution in [0.1, 0.15) is 12.1 Å². The van der Waals surface area contributed by atoms with Crippen molar-refractivity contribution in [3.8, 4) is 0 Å². The van der Waals surface area contributed by atoms with Gasteiger partial charge in [-0.25, -0.2) is 0 Å². The molecule has 0 aromatic carbocycles. The first-order valence-electron chi connectivity index (χ1n) is 6.31. The summed E-state index contributed by atoms with van der Waals surface area (Å²) in [5.74, 6) is 0. The normalized spacial score (nSPS) is 17.0. The standard InChI is InChI=1S/C13H21N3O/c1-12-11-13(3-5-14-12)15-4-2-6-16-7-9-17-10-8-16/h3,5,11H,2,4,6-10H2,1H3,(H,14,15). The zero-order valence-electron chi connectivity index (χ0n) is 10.5. The van der Waals surface area contributed by atoms with Gasteiger partial charge in [-0.2, -0.15) is 0 Å². The third kappa shape index (κ3) is 4.32. The maximum Gasteiger partial charge on any atom is 0.0594 e. The molecule has 2 rings (SSSR count). The van der Waals surface area contributed by atoms with E-state index in [-0.39, 0.29) is 0 Å². The van der Waals surface area contributed by atoms with Gasteiger partial charge in [0, 0.05) is 37.2 Å².